The number of pyridine rings is 1. The van der Waals surface area contributed by atoms with Crippen molar-refractivity contribution >= 4 is 0 Å². The van der Waals surface area contributed by atoms with Crippen molar-refractivity contribution in [3.8, 4) is 5.75 Å². The molecule has 3 heteroatoms. The van der Waals surface area contributed by atoms with Gasteiger partial charge in [0, 0.05) is 13.2 Å². The van der Waals surface area contributed by atoms with Gasteiger partial charge in [0.1, 0.15) is 0 Å². The molecule has 0 radical (unpaired) electrons. The molecular weight excluding hydrogens is 166 g/mol. The molecule has 1 aromatic rings. The Bertz CT molecular complexity index is 377. The van der Waals surface area contributed by atoms with Crippen LogP contribution in [0.1, 0.15) is 24.3 Å². The third kappa shape index (κ3) is 1.46. The van der Waals surface area contributed by atoms with Crippen LogP contribution in [0.3, 0.4) is 0 Å². The second-order valence-corrected chi connectivity index (χ2v) is 3.53. The minimum Gasteiger partial charge on any atom is -0.491 e. The number of hydrogen-bond donors (Lipinski definition) is 0. The van der Waals surface area contributed by atoms with Crippen LogP contribution in [-0.4, -0.2) is 11.7 Å². The Morgan fingerprint density at radius 2 is 2.23 bits per heavy atom. The highest BCUT2D eigenvalue weighted by molar-refractivity contribution is 5.29. The van der Waals surface area contributed by atoms with Gasteiger partial charge in [-0.3, -0.25) is 4.79 Å². The van der Waals surface area contributed by atoms with Gasteiger partial charge < -0.3 is 9.30 Å². The van der Waals surface area contributed by atoms with Crippen LogP contribution in [0.25, 0.3) is 0 Å². The van der Waals surface area contributed by atoms with Gasteiger partial charge in [-0.15, -0.1) is 0 Å². The Morgan fingerprint density at radius 3 is 2.77 bits per heavy atom. The summed E-state index contributed by atoms with van der Waals surface area (Å²) in [6, 6.07) is 1.86. The summed E-state index contributed by atoms with van der Waals surface area (Å²) >= 11 is 0. The van der Waals surface area contributed by atoms with Gasteiger partial charge in [-0.25, -0.2) is 0 Å². The lowest BCUT2D eigenvalue weighted by Crippen LogP contribution is -2.18. The van der Waals surface area contributed by atoms with Crippen LogP contribution < -0.4 is 10.3 Å². The maximum atomic E-state index is 11.4. The molecule has 2 rings (SSSR count). The van der Waals surface area contributed by atoms with E-state index in [1.54, 1.807) is 11.6 Å². The van der Waals surface area contributed by atoms with Gasteiger partial charge in [-0.05, 0) is 30.4 Å². The first kappa shape index (κ1) is 8.35. The summed E-state index contributed by atoms with van der Waals surface area (Å²) in [5.74, 6) is 1.10. The lowest BCUT2D eigenvalue weighted by Gasteiger charge is -2.05. The minimum absolute atomic E-state index is 0.0631. The predicted molar refractivity (Wildman–Crippen MR) is 50.2 cm³/mol. The zero-order valence-corrected chi connectivity index (χ0v) is 7.91. The van der Waals surface area contributed by atoms with Crippen LogP contribution in [0.2, 0.25) is 0 Å². The summed E-state index contributed by atoms with van der Waals surface area (Å²) in [7, 11) is 3.30. The Morgan fingerprint density at radius 1 is 1.54 bits per heavy atom. The van der Waals surface area contributed by atoms with E-state index in [9.17, 15) is 4.79 Å². The maximum Gasteiger partial charge on any atom is 0.292 e. The summed E-state index contributed by atoms with van der Waals surface area (Å²) in [5, 5.41) is 0. The fourth-order valence-corrected chi connectivity index (χ4v) is 1.49. The Hall–Kier alpha value is -1.25. The molecule has 0 aromatic carbocycles. The SMILES string of the molecule is COc1cc(C2CC2)cn(C)c1=O. The predicted octanol–water partition coefficient (Wildman–Crippen LogP) is 1.27. The fraction of sp³-hybridized carbons (Fsp3) is 0.500. The molecule has 0 amide bonds. The monoisotopic (exact) mass is 179 g/mol. The maximum absolute atomic E-state index is 11.4. The van der Waals surface area contributed by atoms with Crippen LogP contribution in [-0.2, 0) is 7.05 Å². The third-order valence-electron chi connectivity index (χ3n) is 2.44. The molecule has 13 heavy (non-hydrogen) atoms. The molecule has 0 spiro atoms. The van der Waals surface area contributed by atoms with Crippen molar-refractivity contribution in [3.63, 3.8) is 0 Å². The van der Waals surface area contributed by atoms with Gasteiger partial charge in [0.15, 0.2) is 5.75 Å². The lowest BCUT2D eigenvalue weighted by atomic mass is 10.2. The number of methoxy groups -OCH3 is 1. The molecule has 0 atom stereocenters. The first-order chi connectivity index (χ1) is 6.22. The van der Waals surface area contributed by atoms with Crippen molar-refractivity contribution in [3.05, 3.63) is 28.2 Å². The van der Waals surface area contributed by atoms with E-state index in [0.717, 1.165) is 0 Å². The molecule has 1 fully saturated rings. The largest absolute Gasteiger partial charge is 0.491 e. The van der Waals surface area contributed by atoms with Crippen LogP contribution in [0.4, 0.5) is 0 Å². The molecule has 0 unspecified atom stereocenters. The molecule has 0 aliphatic heterocycles. The van der Waals surface area contributed by atoms with Crippen molar-refractivity contribution < 1.29 is 4.74 Å². The molecule has 1 aliphatic carbocycles. The van der Waals surface area contributed by atoms with Crippen LogP contribution >= 0.6 is 0 Å². The Kier molecular flexibility index (Phi) is 1.87. The molecule has 1 heterocycles. The van der Waals surface area contributed by atoms with E-state index in [1.165, 1.54) is 25.5 Å². The highest BCUT2D eigenvalue weighted by Crippen LogP contribution is 2.40. The number of ether oxygens (including phenoxy) is 1. The molecular formula is C10H13NO2. The van der Waals surface area contributed by atoms with E-state index in [-0.39, 0.29) is 5.56 Å². The average molecular weight is 179 g/mol. The van der Waals surface area contributed by atoms with E-state index >= 15 is 0 Å². The topological polar surface area (TPSA) is 31.2 Å². The molecule has 0 bridgehead atoms. The first-order valence-electron chi connectivity index (χ1n) is 4.47. The van der Waals surface area contributed by atoms with E-state index in [0.29, 0.717) is 11.7 Å². The molecule has 70 valence electrons. The standard InChI is InChI=1S/C10H13NO2/c1-11-6-8(7-3-4-7)5-9(13-2)10(11)12/h5-7H,3-4H2,1-2H3. The molecule has 0 N–H and O–H groups in total. The summed E-state index contributed by atoms with van der Waals surface area (Å²) in [6.45, 7) is 0. The van der Waals surface area contributed by atoms with E-state index in [4.69, 9.17) is 4.74 Å². The quantitative estimate of drug-likeness (QED) is 0.684. The summed E-state index contributed by atoms with van der Waals surface area (Å²) in [4.78, 5) is 11.4. The average Bonchev–Trinajstić information content (AvgIpc) is 2.92. The third-order valence-corrected chi connectivity index (χ3v) is 2.44. The van der Waals surface area contributed by atoms with Gasteiger partial charge in [-0.1, -0.05) is 0 Å². The van der Waals surface area contributed by atoms with Gasteiger partial charge in [-0.2, -0.15) is 0 Å². The molecule has 1 aliphatic rings. The fourth-order valence-electron chi connectivity index (χ4n) is 1.49. The second-order valence-electron chi connectivity index (χ2n) is 3.53. The van der Waals surface area contributed by atoms with Crippen molar-refractivity contribution in [1.29, 1.82) is 0 Å². The minimum atomic E-state index is -0.0631. The van der Waals surface area contributed by atoms with Crippen LogP contribution in [0, 0.1) is 0 Å². The summed E-state index contributed by atoms with van der Waals surface area (Å²) in [5.41, 5.74) is 1.16. The van der Waals surface area contributed by atoms with Crippen molar-refractivity contribution in [2.45, 2.75) is 18.8 Å². The zero-order valence-electron chi connectivity index (χ0n) is 7.91. The Balaban J connectivity index is 2.50. The number of aromatic nitrogens is 1. The number of nitrogens with zero attached hydrogens (tertiary/aromatic N) is 1. The van der Waals surface area contributed by atoms with E-state index < -0.39 is 0 Å². The molecule has 1 aromatic heterocycles. The molecule has 3 nitrogen and oxygen atoms in total. The number of rotatable bonds is 2. The summed E-state index contributed by atoms with van der Waals surface area (Å²) < 4.78 is 6.60. The van der Waals surface area contributed by atoms with Gasteiger partial charge in [0.25, 0.3) is 5.56 Å². The van der Waals surface area contributed by atoms with E-state index in [2.05, 4.69) is 0 Å². The number of aryl methyl sites for hydroxylation is 1. The van der Waals surface area contributed by atoms with Crippen molar-refractivity contribution in [2.75, 3.05) is 7.11 Å². The van der Waals surface area contributed by atoms with Crippen molar-refractivity contribution in [1.82, 2.24) is 4.57 Å². The van der Waals surface area contributed by atoms with Gasteiger partial charge in [0.05, 0.1) is 7.11 Å². The van der Waals surface area contributed by atoms with Crippen LogP contribution in [0.5, 0.6) is 5.75 Å². The van der Waals surface area contributed by atoms with Gasteiger partial charge >= 0.3 is 0 Å². The second kappa shape index (κ2) is 2.91. The lowest BCUT2D eigenvalue weighted by molar-refractivity contribution is 0.404. The highest BCUT2D eigenvalue weighted by Gasteiger charge is 2.24. The van der Waals surface area contributed by atoms with Crippen LogP contribution in [0.15, 0.2) is 17.1 Å². The normalized spacial score (nSPS) is 15.8. The number of hydrogen-bond acceptors (Lipinski definition) is 2. The summed E-state index contributed by atoms with van der Waals surface area (Å²) in [6.07, 6.45) is 4.38. The zero-order chi connectivity index (χ0) is 9.42. The van der Waals surface area contributed by atoms with Crippen molar-refractivity contribution in [2.24, 2.45) is 7.05 Å². The molecule has 0 saturated heterocycles. The smallest absolute Gasteiger partial charge is 0.292 e. The first-order valence-corrected chi connectivity index (χ1v) is 4.47. The Labute approximate surface area is 77.0 Å². The molecule has 1 saturated carbocycles. The van der Waals surface area contributed by atoms with Gasteiger partial charge in [0.2, 0.25) is 0 Å². The van der Waals surface area contributed by atoms with E-state index in [1.807, 2.05) is 12.3 Å². The highest BCUT2D eigenvalue weighted by atomic mass is 16.5.